The molecule has 0 aliphatic carbocycles. The largest absolute Gasteiger partial charge is 0.504 e. The second-order valence-corrected chi connectivity index (χ2v) is 9.77. The number of carbonyl (C=O) groups is 1. The molecule has 1 aliphatic rings. The minimum Gasteiger partial charge on any atom is -0.504 e. The standard InChI is InChI=1S/C23H20N4O3S2/c1-13-22(29)27(23(31-13)15-8-9-17(28)18(10-15)30-2)26-21-20-16(24-12-25-21)11-19(32-20)14-6-4-3-5-7-14/h3-13,23,28H,1-2H3,(H,24,25,26). The smallest absolute Gasteiger partial charge is 0.255 e. The number of hydrogen-bond acceptors (Lipinski definition) is 8. The van der Waals surface area contributed by atoms with Gasteiger partial charge >= 0.3 is 0 Å². The Bertz CT molecular complexity index is 1300. The average molecular weight is 465 g/mol. The Morgan fingerprint density at radius 2 is 1.94 bits per heavy atom. The molecule has 162 valence electrons. The number of rotatable bonds is 5. The van der Waals surface area contributed by atoms with Crippen LogP contribution in [0.25, 0.3) is 20.7 Å². The number of fused-ring (bicyclic) bond motifs is 1. The Hall–Kier alpha value is -3.30. The van der Waals surface area contributed by atoms with E-state index in [-0.39, 0.29) is 22.3 Å². The molecule has 4 aromatic rings. The van der Waals surface area contributed by atoms with E-state index in [2.05, 4.69) is 27.5 Å². The van der Waals surface area contributed by atoms with Gasteiger partial charge in [-0.25, -0.2) is 15.0 Å². The van der Waals surface area contributed by atoms with Crippen LogP contribution in [0.5, 0.6) is 11.5 Å². The summed E-state index contributed by atoms with van der Waals surface area (Å²) in [6.45, 7) is 1.88. The van der Waals surface area contributed by atoms with Gasteiger partial charge in [0.1, 0.15) is 11.7 Å². The number of ether oxygens (including phenoxy) is 1. The fourth-order valence-electron chi connectivity index (χ4n) is 3.61. The van der Waals surface area contributed by atoms with Crippen LogP contribution in [-0.4, -0.2) is 38.4 Å². The van der Waals surface area contributed by atoms with Crippen molar-refractivity contribution in [1.29, 1.82) is 0 Å². The molecule has 5 rings (SSSR count). The van der Waals surface area contributed by atoms with E-state index < -0.39 is 0 Å². The lowest BCUT2D eigenvalue weighted by Crippen LogP contribution is -2.35. The third-order valence-electron chi connectivity index (χ3n) is 5.24. The van der Waals surface area contributed by atoms with Gasteiger partial charge in [0.15, 0.2) is 17.3 Å². The maximum Gasteiger partial charge on any atom is 0.255 e. The first-order chi connectivity index (χ1) is 15.5. The normalized spacial score (nSPS) is 18.3. The van der Waals surface area contributed by atoms with Gasteiger partial charge in [-0.2, -0.15) is 0 Å². The molecule has 2 N–H and O–H groups in total. The first-order valence-electron chi connectivity index (χ1n) is 9.97. The van der Waals surface area contributed by atoms with Gasteiger partial charge in [0.05, 0.1) is 22.6 Å². The van der Waals surface area contributed by atoms with Crippen molar-refractivity contribution in [2.45, 2.75) is 17.5 Å². The van der Waals surface area contributed by atoms with Crippen LogP contribution in [0.3, 0.4) is 0 Å². The van der Waals surface area contributed by atoms with Crippen molar-refractivity contribution in [3.05, 3.63) is 66.5 Å². The van der Waals surface area contributed by atoms with Crippen molar-refractivity contribution in [3.8, 4) is 21.9 Å². The molecule has 7 nitrogen and oxygen atoms in total. The lowest BCUT2D eigenvalue weighted by molar-refractivity contribution is -0.128. The predicted molar refractivity (Wildman–Crippen MR) is 128 cm³/mol. The number of aromatic nitrogens is 2. The second kappa shape index (κ2) is 8.33. The molecule has 1 saturated heterocycles. The van der Waals surface area contributed by atoms with Gasteiger partial charge in [-0.05, 0) is 36.2 Å². The van der Waals surface area contributed by atoms with Crippen LogP contribution in [0.1, 0.15) is 17.9 Å². The summed E-state index contributed by atoms with van der Waals surface area (Å²) >= 11 is 3.11. The van der Waals surface area contributed by atoms with E-state index in [9.17, 15) is 9.90 Å². The molecule has 0 radical (unpaired) electrons. The number of anilines is 1. The van der Waals surface area contributed by atoms with E-state index in [0.29, 0.717) is 11.6 Å². The fourth-order valence-corrected chi connectivity index (χ4v) is 5.86. The summed E-state index contributed by atoms with van der Waals surface area (Å²) in [6, 6.07) is 17.3. The lowest BCUT2D eigenvalue weighted by atomic mass is 10.2. The Balaban J connectivity index is 1.51. The molecule has 1 fully saturated rings. The molecule has 0 bridgehead atoms. The Morgan fingerprint density at radius 1 is 1.12 bits per heavy atom. The number of phenols is 1. The summed E-state index contributed by atoms with van der Waals surface area (Å²) in [5.74, 6) is 0.965. The van der Waals surface area contributed by atoms with Crippen LogP contribution in [-0.2, 0) is 4.79 Å². The first kappa shape index (κ1) is 20.6. The number of hydrogen-bond donors (Lipinski definition) is 2. The van der Waals surface area contributed by atoms with E-state index in [1.807, 2.05) is 31.2 Å². The van der Waals surface area contributed by atoms with Gasteiger partial charge in [0.2, 0.25) is 0 Å². The molecule has 9 heteroatoms. The fraction of sp³-hybridized carbons (Fsp3) is 0.174. The van der Waals surface area contributed by atoms with Crippen LogP contribution < -0.4 is 10.2 Å². The van der Waals surface area contributed by atoms with Crippen molar-refractivity contribution in [2.24, 2.45) is 0 Å². The van der Waals surface area contributed by atoms with Gasteiger partial charge < -0.3 is 9.84 Å². The summed E-state index contributed by atoms with van der Waals surface area (Å²) in [4.78, 5) is 22.9. The summed E-state index contributed by atoms with van der Waals surface area (Å²) in [6.07, 6.45) is 1.50. The van der Waals surface area contributed by atoms with Crippen molar-refractivity contribution >= 4 is 45.0 Å². The number of benzene rings is 2. The molecule has 1 aliphatic heterocycles. The molecule has 3 heterocycles. The number of thioether (sulfide) groups is 1. The number of aromatic hydroxyl groups is 1. The van der Waals surface area contributed by atoms with Crippen LogP contribution in [0, 0.1) is 0 Å². The van der Waals surface area contributed by atoms with E-state index in [0.717, 1.165) is 26.2 Å². The third-order valence-corrected chi connectivity index (χ3v) is 7.77. The van der Waals surface area contributed by atoms with Crippen molar-refractivity contribution in [1.82, 2.24) is 15.0 Å². The molecular formula is C23H20N4O3S2. The quantitative estimate of drug-likeness (QED) is 0.427. The molecule has 2 aromatic carbocycles. The second-order valence-electron chi connectivity index (χ2n) is 7.30. The van der Waals surface area contributed by atoms with Gasteiger partial charge in [-0.3, -0.25) is 10.2 Å². The number of phenolic OH excluding ortho intramolecular Hbond substituents is 1. The number of nitrogens with zero attached hydrogens (tertiary/aromatic N) is 3. The van der Waals surface area contributed by atoms with Gasteiger partial charge in [-0.15, -0.1) is 23.1 Å². The van der Waals surface area contributed by atoms with Crippen LogP contribution in [0.2, 0.25) is 0 Å². The molecule has 0 spiro atoms. The molecular weight excluding hydrogens is 444 g/mol. The highest BCUT2D eigenvalue weighted by molar-refractivity contribution is 8.01. The maximum atomic E-state index is 13.0. The maximum absolute atomic E-state index is 13.0. The number of methoxy groups -OCH3 is 1. The van der Waals surface area contributed by atoms with Crippen LogP contribution >= 0.6 is 23.1 Å². The number of hydrazine groups is 1. The lowest BCUT2D eigenvalue weighted by Gasteiger charge is -2.25. The highest BCUT2D eigenvalue weighted by Gasteiger charge is 2.39. The van der Waals surface area contributed by atoms with Crippen molar-refractivity contribution in [2.75, 3.05) is 12.5 Å². The third kappa shape index (κ3) is 3.63. The Morgan fingerprint density at radius 3 is 2.72 bits per heavy atom. The molecule has 1 amide bonds. The average Bonchev–Trinajstić information content (AvgIpc) is 3.38. The number of thiophene rings is 1. The van der Waals surface area contributed by atoms with Crippen molar-refractivity contribution in [3.63, 3.8) is 0 Å². The van der Waals surface area contributed by atoms with E-state index in [1.54, 1.807) is 34.5 Å². The highest BCUT2D eigenvalue weighted by Crippen LogP contribution is 2.45. The van der Waals surface area contributed by atoms with E-state index >= 15 is 0 Å². The highest BCUT2D eigenvalue weighted by atomic mass is 32.2. The molecule has 2 aromatic heterocycles. The predicted octanol–water partition coefficient (Wildman–Crippen LogP) is 5.06. The summed E-state index contributed by atoms with van der Waals surface area (Å²) < 4.78 is 6.13. The van der Waals surface area contributed by atoms with Crippen molar-refractivity contribution < 1.29 is 14.6 Å². The molecule has 32 heavy (non-hydrogen) atoms. The number of amides is 1. The zero-order chi connectivity index (χ0) is 22.2. The number of nitrogens with one attached hydrogen (secondary N) is 1. The van der Waals surface area contributed by atoms with Gasteiger partial charge in [0.25, 0.3) is 5.91 Å². The summed E-state index contributed by atoms with van der Waals surface area (Å²) in [5, 5.41) is 11.0. The molecule has 2 unspecified atom stereocenters. The Kier molecular flexibility index (Phi) is 5.36. The minimum atomic E-state index is -0.300. The van der Waals surface area contributed by atoms with Gasteiger partial charge in [-0.1, -0.05) is 36.4 Å². The SMILES string of the molecule is COc1cc(C2SC(C)C(=O)N2Nc2ncnc3cc(-c4ccccc4)sc23)ccc1O. The minimum absolute atomic E-state index is 0.0429. The monoisotopic (exact) mass is 464 g/mol. The van der Waals surface area contributed by atoms with E-state index in [1.165, 1.54) is 25.2 Å². The van der Waals surface area contributed by atoms with Gasteiger partial charge in [0, 0.05) is 4.88 Å². The topological polar surface area (TPSA) is 87.6 Å². The zero-order valence-electron chi connectivity index (χ0n) is 17.4. The first-order valence-corrected chi connectivity index (χ1v) is 11.7. The van der Waals surface area contributed by atoms with E-state index in [4.69, 9.17) is 4.74 Å². The number of carbonyl (C=O) groups excluding carboxylic acids is 1. The molecule has 0 saturated carbocycles. The zero-order valence-corrected chi connectivity index (χ0v) is 19.0. The van der Waals surface area contributed by atoms with Crippen LogP contribution in [0.15, 0.2) is 60.9 Å². The van der Waals surface area contributed by atoms with Crippen LogP contribution in [0.4, 0.5) is 5.82 Å². The summed E-state index contributed by atoms with van der Waals surface area (Å²) in [5.41, 5.74) is 6.02. The summed E-state index contributed by atoms with van der Waals surface area (Å²) in [7, 11) is 1.50. The molecule has 2 atom stereocenters. The Labute approximate surface area is 193 Å².